The molecule has 0 aliphatic carbocycles. The van der Waals surface area contributed by atoms with Gasteiger partial charge in [0.2, 0.25) is 11.8 Å². The van der Waals surface area contributed by atoms with Gasteiger partial charge in [-0.1, -0.05) is 26.1 Å². The predicted octanol–water partition coefficient (Wildman–Crippen LogP) is 1.50. The summed E-state index contributed by atoms with van der Waals surface area (Å²) < 4.78 is 5.33. The molecule has 1 aromatic carbocycles. The molecule has 2 amide bonds. The zero-order chi connectivity index (χ0) is 14.9. The number of anilines is 1. The Balaban J connectivity index is 2.16. The highest BCUT2D eigenvalue weighted by Gasteiger charge is 2.42. The van der Waals surface area contributed by atoms with Crippen LogP contribution in [-0.4, -0.2) is 23.4 Å². The smallest absolute Gasteiger partial charge is 0.237 e. The lowest BCUT2D eigenvalue weighted by Gasteiger charge is -2.15. The summed E-state index contributed by atoms with van der Waals surface area (Å²) in [5.41, 5.74) is 5.90. The summed E-state index contributed by atoms with van der Waals surface area (Å²) in [4.78, 5) is 25.6. The number of nitrogens with zero attached hydrogens (tertiary/aromatic N) is 1. The highest BCUT2D eigenvalue weighted by Crippen LogP contribution is 2.31. The second kappa shape index (κ2) is 5.58. The van der Waals surface area contributed by atoms with Crippen LogP contribution in [0.3, 0.4) is 0 Å². The lowest BCUT2D eigenvalue weighted by molar-refractivity contribution is -0.122. The lowest BCUT2D eigenvalue weighted by Crippen LogP contribution is -2.30. The first-order chi connectivity index (χ1) is 9.41. The van der Waals surface area contributed by atoms with Gasteiger partial charge in [0.15, 0.2) is 0 Å². The molecule has 106 valence electrons. The van der Waals surface area contributed by atoms with Crippen LogP contribution in [0, 0.1) is 11.8 Å². The van der Waals surface area contributed by atoms with Crippen molar-refractivity contribution < 1.29 is 14.3 Å². The molecule has 1 saturated heterocycles. The minimum Gasteiger partial charge on any atom is -0.487 e. The third kappa shape index (κ3) is 2.65. The van der Waals surface area contributed by atoms with Gasteiger partial charge in [-0.05, 0) is 24.3 Å². The number of hydrogen-bond donors (Lipinski definition) is 1. The van der Waals surface area contributed by atoms with Gasteiger partial charge in [0.1, 0.15) is 17.3 Å². The summed E-state index contributed by atoms with van der Waals surface area (Å²) in [6.07, 6.45) is 0. The maximum atomic E-state index is 12.1. The monoisotopic (exact) mass is 292 g/mol. The molecule has 0 spiro atoms. The van der Waals surface area contributed by atoms with Crippen molar-refractivity contribution >= 4 is 34.7 Å². The maximum Gasteiger partial charge on any atom is 0.237 e. The van der Waals surface area contributed by atoms with E-state index in [0.717, 1.165) is 0 Å². The first-order valence-electron chi connectivity index (χ1n) is 6.30. The van der Waals surface area contributed by atoms with Crippen LogP contribution in [0.5, 0.6) is 5.75 Å². The number of benzene rings is 1. The number of imide groups is 1. The van der Waals surface area contributed by atoms with Gasteiger partial charge in [0, 0.05) is 11.8 Å². The van der Waals surface area contributed by atoms with E-state index in [4.69, 9.17) is 22.7 Å². The Labute approximate surface area is 122 Å². The van der Waals surface area contributed by atoms with Gasteiger partial charge in [0.25, 0.3) is 0 Å². The minimum atomic E-state index is -0.284. The molecule has 0 radical (unpaired) electrons. The Morgan fingerprint density at radius 1 is 1.20 bits per heavy atom. The molecule has 0 bridgehead atoms. The average Bonchev–Trinajstić information content (AvgIpc) is 2.62. The van der Waals surface area contributed by atoms with Crippen LogP contribution < -0.4 is 15.4 Å². The van der Waals surface area contributed by atoms with E-state index in [1.165, 1.54) is 4.90 Å². The van der Waals surface area contributed by atoms with Crippen LogP contribution in [0.2, 0.25) is 0 Å². The number of nitrogens with two attached hydrogens (primary N) is 1. The van der Waals surface area contributed by atoms with E-state index in [-0.39, 0.29) is 35.2 Å². The van der Waals surface area contributed by atoms with Gasteiger partial charge in [-0.15, -0.1) is 0 Å². The van der Waals surface area contributed by atoms with Crippen LogP contribution in [0.1, 0.15) is 13.8 Å². The summed E-state index contributed by atoms with van der Waals surface area (Å²) >= 11 is 4.72. The van der Waals surface area contributed by atoms with Crippen molar-refractivity contribution in [3.05, 3.63) is 24.3 Å². The largest absolute Gasteiger partial charge is 0.487 e. The number of amides is 2. The Hall–Kier alpha value is -1.95. The number of rotatable bonds is 4. The first-order valence-corrected chi connectivity index (χ1v) is 6.71. The Morgan fingerprint density at radius 3 is 2.15 bits per heavy atom. The number of carbonyl (C=O) groups excluding carboxylic acids is 2. The molecular weight excluding hydrogens is 276 g/mol. The van der Waals surface area contributed by atoms with E-state index >= 15 is 0 Å². The molecule has 1 aliphatic rings. The average molecular weight is 292 g/mol. The molecule has 1 aliphatic heterocycles. The molecule has 0 saturated carbocycles. The molecule has 1 aromatic rings. The number of thiocarbonyl (C=S) groups is 1. The third-order valence-electron chi connectivity index (χ3n) is 3.45. The van der Waals surface area contributed by atoms with Gasteiger partial charge in [-0.3, -0.25) is 14.5 Å². The van der Waals surface area contributed by atoms with E-state index in [9.17, 15) is 9.59 Å². The van der Waals surface area contributed by atoms with E-state index in [1.54, 1.807) is 38.1 Å². The van der Waals surface area contributed by atoms with E-state index in [0.29, 0.717) is 11.4 Å². The van der Waals surface area contributed by atoms with Crippen molar-refractivity contribution in [3.63, 3.8) is 0 Å². The van der Waals surface area contributed by atoms with Gasteiger partial charge in [-0.25, -0.2) is 0 Å². The SMILES string of the molecule is CC1C(=O)N(c2ccc(OCC(N)=S)cc2)C(=O)C1C. The number of hydrogen-bond acceptors (Lipinski definition) is 4. The molecule has 20 heavy (non-hydrogen) atoms. The molecule has 6 heteroatoms. The molecule has 2 unspecified atom stereocenters. The number of ether oxygens (including phenoxy) is 1. The normalized spacial score (nSPS) is 22.2. The molecular formula is C14H16N2O3S. The van der Waals surface area contributed by atoms with Crippen molar-refractivity contribution in [2.75, 3.05) is 11.5 Å². The van der Waals surface area contributed by atoms with Crippen molar-refractivity contribution in [2.24, 2.45) is 17.6 Å². The van der Waals surface area contributed by atoms with Crippen molar-refractivity contribution in [1.29, 1.82) is 0 Å². The molecule has 0 aromatic heterocycles. The van der Waals surface area contributed by atoms with E-state index in [1.807, 2.05) is 0 Å². The second-order valence-electron chi connectivity index (χ2n) is 4.84. The Bertz CT molecular complexity index is 536. The summed E-state index contributed by atoms with van der Waals surface area (Å²) in [6, 6.07) is 6.72. The minimum absolute atomic E-state index is 0.157. The summed E-state index contributed by atoms with van der Waals surface area (Å²) in [5.74, 6) is -0.318. The highest BCUT2D eigenvalue weighted by molar-refractivity contribution is 7.80. The fourth-order valence-electron chi connectivity index (χ4n) is 2.04. The van der Waals surface area contributed by atoms with Crippen molar-refractivity contribution in [1.82, 2.24) is 0 Å². The zero-order valence-electron chi connectivity index (χ0n) is 11.3. The van der Waals surface area contributed by atoms with Gasteiger partial charge in [-0.2, -0.15) is 0 Å². The van der Waals surface area contributed by atoms with Crippen LogP contribution in [0.15, 0.2) is 24.3 Å². The second-order valence-corrected chi connectivity index (χ2v) is 5.36. The van der Waals surface area contributed by atoms with Gasteiger partial charge in [0.05, 0.1) is 5.69 Å². The molecule has 5 nitrogen and oxygen atoms in total. The topological polar surface area (TPSA) is 72.6 Å². The molecule has 2 atom stereocenters. The first kappa shape index (κ1) is 14.5. The summed E-state index contributed by atoms with van der Waals surface area (Å²) in [7, 11) is 0. The van der Waals surface area contributed by atoms with Crippen LogP contribution >= 0.6 is 12.2 Å². The highest BCUT2D eigenvalue weighted by atomic mass is 32.1. The maximum absolute atomic E-state index is 12.1. The molecule has 2 N–H and O–H groups in total. The number of carbonyl (C=O) groups is 2. The third-order valence-corrected chi connectivity index (χ3v) is 3.56. The molecule has 1 heterocycles. The lowest BCUT2D eigenvalue weighted by atomic mass is 10.00. The summed E-state index contributed by atoms with van der Waals surface area (Å²) in [6.45, 7) is 3.69. The van der Waals surface area contributed by atoms with E-state index < -0.39 is 0 Å². The van der Waals surface area contributed by atoms with Gasteiger partial charge >= 0.3 is 0 Å². The van der Waals surface area contributed by atoms with Gasteiger partial charge < -0.3 is 10.5 Å². The standard InChI is InChI=1S/C14H16N2O3S/c1-8-9(2)14(18)16(13(8)17)10-3-5-11(6-4-10)19-7-12(15)20/h3-6,8-9H,7H2,1-2H3,(H2,15,20). The fraction of sp³-hybridized carbons (Fsp3) is 0.357. The van der Waals surface area contributed by atoms with E-state index in [2.05, 4.69) is 0 Å². The van der Waals surface area contributed by atoms with Crippen molar-refractivity contribution in [3.8, 4) is 5.75 Å². The Morgan fingerprint density at radius 2 is 1.70 bits per heavy atom. The van der Waals surface area contributed by atoms with Crippen molar-refractivity contribution in [2.45, 2.75) is 13.8 Å². The van der Waals surface area contributed by atoms with Crippen LogP contribution in [0.4, 0.5) is 5.69 Å². The van der Waals surface area contributed by atoms with Crippen LogP contribution in [0.25, 0.3) is 0 Å². The predicted molar refractivity (Wildman–Crippen MR) is 79.5 cm³/mol. The van der Waals surface area contributed by atoms with Crippen LogP contribution in [-0.2, 0) is 9.59 Å². The molecule has 1 fully saturated rings. The quantitative estimate of drug-likeness (QED) is 0.672. The summed E-state index contributed by atoms with van der Waals surface area (Å²) in [5, 5.41) is 0. The fourth-order valence-corrected chi connectivity index (χ4v) is 2.10. The molecule has 2 rings (SSSR count). The zero-order valence-corrected chi connectivity index (χ0v) is 12.1. The Kier molecular flexibility index (Phi) is 4.04.